The lowest BCUT2D eigenvalue weighted by Gasteiger charge is -2.08. The highest BCUT2D eigenvalue weighted by Gasteiger charge is 2.03. The third-order valence-electron chi connectivity index (χ3n) is 1.88. The zero-order chi connectivity index (χ0) is 9.68. The molecular weight excluding hydrogens is 202 g/mol. The van der Waals surface area contributed by atoms with Gasteiger partial charge in [0.25, 0.3) is 0 Å². The van der Waals surface area contributed by atoms with Gasteiger partial charge in [-0.1, -0.05) is 6.07 Å². The van der Waals surface area contributed by atoms with Crippen LogP contribution in [0.2, 0.25) is 0 Å². The Morgan fingerprint density at radius 3 is 2.29 bits per heavy atom. The SMILES string of the molecule is COc1ccc(CCN)cc1OC.[Cl-]. The second kappa shape index (κ2) is 6.51. The summed E-state index contributed by atoms with van der Waals surface area (Å²) in [4.78, 5) is 0. The highest BCUT2D eigenvalue weighted by Crippen LogP contribution is 2.27. The van der Waals surface area contributed by atoms with Gasteiger partial charge in [0.2, 0.25) is 0 Å². The summed E-state index contributed by atoms with van der Waals surface area (Å²) >= 11 is 0. The third-order valence-corrected chi connectivity index (χ3v) is 1.88. The van der Waals surface area contributed by atoms with Crippen LogP contribution in [0.5, 0.6) is 11.5 Å². The van der Waals surface area contributed by atoms with E-state index in [1.165, 1.54) is 5.56 Å². The van der Waals surface area contributed by atoms with E-state index in [4.69, 9.17) is 15.2 Å². The maximum atomic E-state index is 5.45. The number of hydrogen-bond donors (Lipinski definition) is 1. The second-order valence-corrected chi connectivity index (χ2v) is 2.73. The minimum atomic E-state index is 0. The van der Waals surface area contributed by atoms with Gasteiger partial charge in [-0.15, -0.1) is 0 Å². The van der Waals surface area contributed by atoms with Crippen molar-refractivity contribution in [3.05, 3.63) is 23.8 Å². The summed E-state index contributed by atoms with van der Waals surface area (Å²) in [5.74, 6) is 1.51. The van der Waals surface area contributed by atoms with Gasteiger partial charge in [-0.05, 0) is 30.7 Å². The van der Waals surface area contributed by atoms with Crippen LogP contribution < -0.4 is 27.6 Å². The molecule has 1 rings (SSSR count). The molecule has 3 nitrogen and oxygen atoms in total. The fourth-order valence-corrected chi connectivity index (χ4v) is 1.20. The van der Waals surface area contributed by atoms with Crippen molar-refractivity contribution in [2.24, 2.45) is 5.73 Å². The molecule has 0 saturated heterocycles. The Morgan fingerprint density at radius 1 is 1.14 bits per heavy atom. The van der Waals surface area contributed by atoms with Gasteiger partial charge in [0.15, 0.2) is 11.5 Å². The Labute approximate surface area is 90.6 Å². The highest BCUT2D eigenvalue weighted by atomic mass is 35.5. The summed E-state index contributed by atoms with van der Waals surface area (Å²) < 4.78 is 10.3. The predicted molar refractivity (Wildman–Crippen MR) is 52.3 cm³/mol. The Morgan fingerprint density at radius 2 is 1.79 bits per heavy atom. The average Bonchev–Trinajstić information content (AvgIpc) is 2.18. The van der Waals surface area contributed by atoms with Crippen LogP contribution in [0.4, 0.5) is 0 Å². The molecule has 80 valence electrons. The molecule has 0 aliphatic heterocycles. The summed E-state index contributed by atoms with van der Waals surface area (Å²) in [5, 5.41) is 0. The van der Waals surface area contributed by atoms with Gasteiger partial charge in [0.05, 0.1) is 14.2 Å². The standard InChI is InChI=1S/C10H15NO2.ClH/c1-12-9-4-3-8(5-6-11)7-10(9)13-2;/h3-4,7H,5-6,11H2,1-2H3;1H/p-1. The first-order valence-corrected chi connectivity index (χ1v) is 4.22. The van der Waals surface area contributed by atoms with Crippen LogP contribution in [0.25, 0.3) is 0 Å². The van der Waals surface area contributed by atoms with Gasteiger partial charge in [0.1, 0.15) is 0 Å². The molecule has 0 aliphatic carbocycles. The predicted octanol–water partition coefficient (Wildman–Crippen LogP) is -1.79. The minimum Gasteiger partial charge on any atom is -1.00 e. The first kappa shape index (κ1) is 13.1. The molecule has 0 amide bonds. The molecule has 4 heteroatoms. The smallest absolute Gasteiger partial charge is 0.160 e. The van der Waals surface area contributed by atoms with Crippen LogP contribution in [0, 0.1) is 0 Å². The third kappa shape index (κ3) is 3.09. The number of hydrogen-bond acceptors (Lipinski definition) is 3. The van der Waals surface area contributed by atoms with E-state index < -0.39 is 0 Å². The van der Waals surface area contributed by atoms with Gasteiger partial charge < -0.3 is 27.6 Å². The van der Waals surface area contributed by atoms with Gasteiger partial charge in [-0.2, -0.15) is 0 Å². The highest BCUT2D eigenvalue weighted by molar-refractivity contribution is 5.42. The average molecular weight is 217 g/mol. The van der Waals surface area contributed by atoms with Gasteiger partial charge >= 0.3 is 0 Å². The van der Waals surface area contributed by atoms with Crippen LogP contribution in [0.3, 0.4) is 0 Å². The molecule has 0 saturated carbocycles. The van der Waals surface area contributed by atoms with Crippen molar-refractivity contribution in [1.82, 2.24) is 0 Å². The molecule has 0 aromatic heterocycles. The van der Waals surface area contributed by atoms with Crippen LogP contribution in [-0.4, -0.2) is 20.8 Å². The van der Waals surface area contributed by atoms with Crippen molar-refractivity contribution in [3.63, 3.8) is 0 Å². The summed E-state index contributed by atoms with van der Waals surface area (Å²) in [5.41, 5.74) is 6.62. The molecule has 0 spiro atoms. The number of halogens is 1. The summed E-state index contributed by atoms with van der Waals surface area (Å²) in [7, 11) is 3.25. The van der Waals surface area contributed by atoms with Crippen LogP contribution in [0.1, 0.15) is 5.56 Å². The number of benzene rings is 1. The molecular formula is C10H15ClNO2-. The first-order valence-electron chi connectivity index (χ1n) is 4.22. The fourth-order valence-electron chi connectivity index (χ4n) is 1.20. The van der Waals surface area contributed by atoms with E-state index >= 15 is 0 Å². The molecule has 0 radical (unpaired) electrons. The van der Waals surface area contributed by atoms with Crippen LogP contribution >= 0.6 is 0 Å². The maximum Gasteiger partial charge on any atom is 0.160 e. The van der Waals surface area contributed by atoms with Gasteiger partial charge in [-0.3, -0.25) is 0 Å². The molecule has 0 unspecified atom stereocenters. The summed E-state index contributed by atoms with van der Waals surface area (Å²) in [6.45, 7) is 0.648. The van der Waals surface area contributed by atoms with Crippen molar-refractivity contribution in [1.29, 1.82) is 0 Å². The molecule has 1 aromatic rings. The molecule has 0 heterocycles. The lowest BCUT2D eigenvalue weighted by atomic mass is 10.1. The Bertz CT molecular complexity index is 279. The molecule has 0 atom stereocenters. The van der Waals surface area contributed by atoms with E-state index in [1.54, 1.807) is 14.2 Å². The molecule has 2 N–H and O–H groups in total. The van der Waals surface area contributed by atoms with Gasteiger partial charge in [-0.25, -0.2) is 0 Å². The first-order chi connectivity index (χ1) is 6.31. The Balaban J connectivity index is 0.00000169. The van der Waals surface area contributed by atoms with E-state index in [0.29, 0.717) is 6.54 Å². The number of ether oxygens (including phenoxy) is 2. The van der Waals surface area contributed by atoms with Crippen molar-refractivity contribution < 1.29 is 21.9 Å². The van der Waals surface area contributed by atoms with Crippen molar-refractivity contribution in [2.45, 2.75) is 6.42 Å². The zero-order valence-electron chi connectivity index (χ0n) is 8.42. The maximum absolute atomic E-state index is 5.45. The topological polar surface area (TPSA) is 44.5 Å². The normalized spacial score (nSPS) is 9.07. The Kier molecular flexibility index (Phi) is 6.08. The van der Waals surface area contributed by atoms with Crippen LogP contribution in [-0.2, 0) is 6.42 Å². The van der Waals surface area contributed by atoms with E-state index in [1.807, 2.05) is 18.2 Å². The van der Waals surface area contributed by atoms with Crippen molar-refractivity contribution >= 4 is 0 Å². The van der Waals surface area contributed by atoms with E-state index in [9.17, 15) is 0 Å². The number of nitrogens with two attached hydrogens (primary N) is 1. The lowest BCUT2D eigenvalue weighted by Crippen LogP contribution is -3.00. The van der Waals surface area contributed by atoms with Crippen molar-refractivity contribution in [3.8, 4) is 11.5 Å². The van der Waals surface area contributed by atoms with Gasteiger partial charge in [0, 0.05) is 0 Å². The minimum absolute atomic E-state index is 0. The van der Waals surface area contributed by atoms with E-state index in [-0.39, 0.29) is 12.4 Å². The number of rotatable bonds is 4. The monoisotopic (exact) mass is 216 g/mol. The lowest BCUT2D eigenvalue weighted by molar-refractivity contribution is -0.00000336. The number of methoxy groups -OCH3 is 2. The quantitative estimate of drug-likeness (QED) is 0.647. The molecule has 1 aromatic carbocycles. The zero-order valence-corrected chi connectivity index (χ0v) is 9.17. The fraction of sp³-hybridized carbons (Fsp3) is 0.400. The Hall–Kier alpha value is -0.930. The van der Waals surface area contributed by atoms with Crippen molar-refractivity contribution in [2.75, 3.05) is 20.8 Å². The summed E-state index contributed by atoms with van der Waals surface area (Å²) in [6.07, 6.45) is 0.861. The molecule has 0 bridgehead atoms. The largest absolute Gasteiger partial charge is 1.00 e. The second-order valence-electron chi connectivity index (χ2n) is 2.73. The molecule has 0 fully saturated rings. The van der Waals surface area contributed by atoms with E-state index in [2.05, 4.69) is 0 Å². The van der Waals surface area contributed by atoms with E-state index in [0.717, 1.165) is 17.9 Å². The summed E-state index contributed by atoms with van der Waals surface area (Å²) in [6, 6.07) is 5.84. The molecule has 0 aliphatic rings. The van der Waals surface area contributed by atoms with Crippen LogP contribution in [0.15, 0.2) is 18.2 Å². The molecule has 14 heavy (non-hydrogen) atoms.